The zero-order valence-electron chi connectivity index (χ0n) is 12.1. The third kappa shape index (κ3) is 3.35. The van der Waals surface area contributed by atoms with E-state index >= 15 is 0 Å². The topological polar surface area (TPSA) is 29.5 Å². The lowest BCUT2D eigenvalue weighted by Gasteiger charge is -2.32. The molecule has 1 saturated carbocycles. The minimum absolute atomic E-state index is 0.538. The number of rotatable bonds is 7. The van der Waals surface area contributed by atoms with Gasteiger partial charge in [0.2, 0.25) is 0 Å². The van der Waals surface area contributed by atoms with Crippen LogP contribution in [0.3, 0.4) is 0 Å². The Hall–Kier alpha value is -1.35. The summed E-state index contributed by atoms with van der Waals surface area (Å²) in [5.74, 6) is 0.807. The van der Waals surface area contributed by atoms with E-state index in [4.69, 9.17) is 4.74 Å². The van der Waals surface area contributed by atoms with Gasteiger partial charge in [0.05, 0.1) is 6.61 Å². The molecule has 1 aromatic rings. The molecule has 1 unspecified atom stereocenters. The Labute approximate surface area is 115 Å². The Balaban J connectivity index is 2.22. The van der Waals surface area contributed by atoms with Crippen molar-refractivity contribution in [2.24, 2.45) is 5.92 Å². The number of aldehydes is 1. The molecule has 1 aliphatic carbocycles. The van der Waals surface area contributed by atoms with Crippen molar-refractivity contribution in [3.8, 4) is 0 Å². The lowest BCUT2D eigenvalue weighted by atomic mass is 10.1. The quantitative estimate of drug-likeness (QED) is 0.706. The average molecular weight is 261 g/mol. The molecule has 0 spiro atoms. The highest BCUT2D eigenvalue weighted by Crippen LogP contribution is 2.37. The van der Waals surface area contributed by atoms with Gasteiger partial charge in [-0.05, 0) is 56.4 Å². The number of aryl methyl sites for hydroxylation is 1. The van der Waals surface area contributed by atoms with Crippen LogP contribution in [0.4, 0.5) is 5.69 Å². The van der Waals surface area contributed by atoms with E-state index in [0.717, 1.165) is 36.5 Å². The smallest absolute Gasteiger partial charge is 0.150 e. The normalized spacial score (nSPS) is 16.2. The van der Waals surface area contributed by atoms with Gasteiger partial charge in [0.1, 0.15) is 6.29 Å². The van der Waals surface area contributed by atoms with E-state index in [0.29, 0.717) is 6.04 Å². The first-order valence-electron chi connectivity index (χ1n) is 6.98. The molecule has 0 heterocycles. The summed E-state index contributed by atoms with van der Waals surface area (Å²) in [6, 6.07) is 6.46. The third-order valence-corrected chi connectivity index (χ3v) is 4.00. The van der Waals surface area contributed by atoms with Gasteiger partial charge in [0.15, 0.2) is 0 Å². The highest BCUT2D eigenvalue weighted by Gasteiger charge is 2.32. The van der Waals surface area contributed by atoms with Gasteiger partial charge in [0.25, 0.3) is 0 Å². The molecule has 1 aromatic carbocycles. The summed E-state index contributed by atoms with van der Waals surface area (Å²) in [6.45, 7) is 5.99. The van der Waals surface area contributed by atoms with Crippen molar-refractivity contribution in [2.45, 2.75) is 32.7 Å². The van der Waals surface area contributed by atoms with Gasteiger partial charge < -0.3 is 9.64 Å². The molecule has 2 rings (SSSR count). The average Bonchev–Trinajstić information content (AvgIpc) is 3.24. The highest BCUT2D eigenvalue weighted by atomic mass is 16.5. The van der Waals surface area contributed by atoms with Crippen LogP contribution in [0.5, 0.6) is 0 Å². The molecule has 0 N–H and O–H groups in total. The fourth-order valence-electron chi connectivity index (χ4n) is 2.64. The predicted octanol–water partition coefficient (Wildman–Crippen LogP) is 3.06. The number of benzene rings is 1. The summed E-state index contributed by atoms with van der Waals surface area (Å²) in [7, 11) is 1.74. The Morgan fingerprint density at radius 1 is 1.47 bits per heavy atom. The van der Waals surface area contributed by atoms with E-state index in [-0.39, 0.29) is 0 Å². The molecule has 3 heteroatoms. The highest BCUT2D eigenvalue weighted by molar-refractivity contribution is 5.77. The van der Waals surface area contributed by atoms with E-state index in [1.165, 1.54) is 18.5 Å². The van der Waals surface area contributed by atoms with Crippen LogP contribution in [0, 0.1) is 12.8 Å². The molecule has 1 aliphatic rings. The minimum Gasteiger partial charge on any atom is -0.383 e. The summed E-state index contributed by atoms with van der Waals surface area (Å²) in [6.07, 6.45) is 3.56. The Kier molecular flexibility index (Phi) is 4.59. The molecule has 0 bridgehead atoms. The number of hydrogen-bond donors (Lipinski definition) is 0. The molecule has 0 aliphatic heterocycles. The van der Waals surface area contributed by atoms with Crippen LogP contribution >= 0.6 is 0 Å². The Morgan fingerprint density at radius 2 is 2.21 bits per heavy atom. The molecule has 104 valence electrons. The van der Waals surface area contributed by atoms with E-state index in [9.17, 15) is 4.79 Å². The Morgan fingerprint density at radius 3 is 2.74 bits per heavy atom. The maximum atomic E-state index is 10.8. The van der Waals surface area contributed by atoms with Crippen molar-refractivity contribution < 1.29 is 9.53 Å². The van der Waals surface area contributed by atoms with Crippen LogP contribution in [0.25, 0.3) is 0 Å². The van der Waals surface area contributed by atoms with Gasteiger partial charge in [-0.3, -0.25) is 4.79 Å². The zero-order valence-corrected chi connectivity index (χ0v) is 12.1. The summed E-state index contributed by atoms with van der Waals surface area (Å²) >= 11 is 0. The summed E-state index contributed by atoms with van der Waals surface area (Å²) < 4.78 is 5.23. The van der Waals surface area contributed by atoms with Crippen LogP contribution in [0.15, 0.2) is 18.2 Å². The monoisotopic (exact) mass is 261 g/mol. The Bertz CT molecular complexity index is 440. The van der Waals surface area contributed by atoms with Gasteiger partial charge in [-0.15, -0.1) is 0 Å². The number of ether oxygens (including phenoxy) is 1. The van der Waals surface area contributed by atoms with Gasteiger partial charge in [-0.25, -0.2) is 0 Å². The zero-order chi connectivity index (χ0) is 13.8. The fraction of sp³-hybridized carbons (Fsp3) is 0.562. The van der Waals surface area contributed by atoms with E-state index < -0.39 is 0 Å². The van der Waals surface area contributed by atoms with Crippen LogP contribution < -0.4 is 4.90 Å². The predicted molar refractivity (Wildman–Crippen MR) is 78.0 cm³/mol. The van der Waals surface area contributed by atoms with Gasteiger partial charge in [0, 0.05) is 30.9 Å². The lowest BCUT2D eigenvalue weighted by Crippen LogP contribution is -2.37. The SMILES string of the molecule is COCCN(c1ccc(C=O)cc1C)C(C)C1CC1. The van der Waals surface area contributed by atoms with Crippen molar-refractivity contribution in [1.82, 2.24) is 0 Å². The van der Waals surface area contributed by atoms with Crippen molar-refractivity contribution in [2.75, 3.05) is 25.2 Å². The van der Waals surface area contributed by atoms with Crippen LogP contribution in [-0.2, 0) is 4.74 Å². The standard InChI is InChI=1S/C16H23NO2/c1-12-10-14(11-18)4-7-16(12)17(8-9-19-3)13(2)15-5-6-15/h4,7,10-11,13,15H,5-6,8-9H2,1-3H3. The first-order valence-corrected chi connectivity index (χ1v) is 6.98. The summed E-state index contributed by atoms with van der Waals surface area (Å²) in [4.78, 5) is 13.3. The molecule has 19 heavy (non-hydrogen) atoms. The van der Waals surface area contributed by atoms with E-state index in [1.54, 1.807) is 7.11 Å². The summed E-state index contributed by atoms with van der Waals surface area (Å²) in [5, 5.41) is 0. The number of nitrogens with zero attached hydrogens (tertiary/aromatic N) is 1. The van der Waals surface area contributed by atoms with Gasteiger partial charge in [-0.1, -0.05) is 0 Å². The maximum absolute atomic E-state index is 10.8. The van der Waals surface area contributed by atoms with Crippen LogP contribution in [0.2, 0.25) is 0 Å². The number of hydrogen-bond acceptors (Lipinski definition) is 3. The molecule has 0 amide bonds. The number of methoxy groups -OCH3 is 1. The van der Waals surface area contributed by atoms with E-state index in [1.807, 2.05) is 12.1 Å². The largest absolute Gasteiger partial charge is 0.383 e. The number of carbonyl (C=O) groups excluding carboxylic acids is 1. The van der Waals surface area contributed by atoms with Crippen molar-refractivity contribution in [3.05, 3.63) is 29.3 Å². The second kappa shape index (κ2) is 6.20. The first kappa shape index (κ1) is 14.1. The molecule has 3 nitrogen and oxygen atoms in total. The maximum Gasteiger partial charge on any atom is 0.150 e. The molecule has 1 fully saturated rings. The lowest BCUT2D eigenvalue weighted by molar-refractivity contribution is 0.112. The second-order valence-electron chi connectivity index (χ2n) is 5.43. The van der Waals surface area contributed by atoms with Crippen LogP contribution in [0.1, 0.15) is 35.7 Å². The van der Waals surface area contributed by atoms with Gasteiger partial charge >= 0.3 is 0 Å². The molecular weight excluding hydrogens is 238 g/mol. The first-order chi connectivity index (χ1) is 9.17. The second-order valence-corrected chi connectivity index (χ2v) is 5.43. The fourth-order valence-corrected chi connectivity index (χ4v) is 2.64. The van der Waals surface area contributed by atoms with Gasteiger partial charge in [-0.2, -0.15) is 0 Å². The molecular formula is C16H23NO2. The van der Waals surface area contributed by atoms with Crippen molar-refractivity contribution in [3.63, 3.8) is 0 Å². The number of anilines is 1. The molecule has 0 saturated heterocycles. The summed E-state index contributed by atoms with van der Waals surface area (Å²) in [5.41, 5.74) is 3.13. The van der Waals surface area contributed by atoms with E-state index in [2.05, 4.69) is 24.8 Å². The molecule has 0 radical (unpaired) electrons. The molecule has 1 atom stereocenters. The number of carbonyl (C=O) groups is 1. The molecule has 0 aromatic heterocycles. The van der Waals surface area contributed by atoms with Crippen molar-refractivity contribution >= 4 is 12.0 Å². The van der Waals surface area contributed by atoms with Crippen LogP contribution in [-0.4, -0.2) is 32.6 Å². The third-order valence-electron chi connectivity index (χ3n) is 4.00. The van der Waals surface area contributed by atoms with Crippen molar-refractivity contribution in [1.29, 1.82) is 0 Å². The minimum atomic E-state index is 0.538.